The summed E-state index contributed by atoms with van der Waals surface area (Å²) in [6.07, 6.45) is 2.16. The Hall–Kier alpha value is -1.51. The molecule has 0 saturated heterocycles. The van der Waals surface area contributed by atoms with E-state index in [1.54, 1.807) is 18.2 Å². The molecule has 0 radical (unpaired) electrons. The van der Waals surface area contributed by atoms with Gasteiger partial charge in [-0.15, -0.1) is 0 Å². The van der Waals surface area contributed by atoms with Gasteiger partial charge < -0.3 is 10.3 Å². The van der Waals surface area contributed by atoms with Crippen LogP contribution in [0.25, 0.3) is 0 Å². The maximum absolute atomic E-state index is 9.13. The topological polar surface area (TPSA) is 52.8 Å². The van der Waals surface area contributed by atoms with Crippen molar-refractivity contribution < 1.29 is 10.3 Å². The minimum Gasteiger partial charge on any atom is -0.508 e. The van der Waals surface area contributed by atoms with Crippen LogP contribution in [0.5, 0.6) is 5.75 Å². The highest BCUT2D eigenvalue weighted by Gasteiger charge is 1.98. The highest BCUT2D eigenvalue weighted by molar-refractivity contribution is 5.81. The average molecular weight is 165 g/mol. The van der Waals surface area contributed by atoms with Gasteiger partial charge in [-0.05, 0) is 35.7 Å². The molecule has 0 atom stereocenters. The molecule has 0 aliphatic rings. The van der Waals surface area contributed by atoms with Crippen LogP contribution in [0, 0.1) is 0 Å². The molecule has 1 rings (SSSR count). The largest absolute Gasteiger partial charge is 0.508 e. The van der Waals surface area contributed by atoms with Crippen LogP contribution in [-0.4, -0.2) is 16.5 Å². The first-order valence-corrected chi connectivity index (χ1v) is 3.77. The third-order valence-electron chi connectivity index (χ3n) is 1.70. The summed E-state index contributed by atoms with van der Waals surface area (Å²) in [4.78, 5) is 0. The zero-order valence-electron chi connectivity index (χ0n) is 6.86. The van der Waals surface area contributed by atoms with Crippen molar-refractivity contribution in [3.63, 3.8) is 0 Å². The van der Waals surface area contributed by atoms with Crippen LogP contribution in [0.15, 0.2) is 23.4 Å². The van der Waals surface area contributed by atoms with Crippen molar-refractivity contribution in [2.75, 3.05) is 0 Å². The van der Waals surface area contributed by atoms with Gasteiger partial charge in [0.25, 0.3) is 0 Å². The van der Waals surface area contributed by atoms with Crippen molar-refractivity contribution in [3.05, 3.63) is 29.3 Å². The van der Waals surface area contributed by atoms with Gasteiger partial charge in [0.1, 0.15) is 5.75 Å². The van der Waals surface area contributed by atoms with E-state index in [2.05, 4.69) is 5.16 Å². The number of aromatic hydroxyl groups is 1. The van der Waals surface area contributed by atoms with Crippen molar-refractivity contribution >= 4 is 6.21 Å². The highest BCUT2D eigenvalue weighted by atomic mass is 16.4. The van der Waals surface area contributed by atoms with Crippen LogP contribution < -0.4 is 0 Å². The quantitative estimate of drug-likeness (QED) is 0.398. The molecule has 0 aromatic heterocycles. The Balaban J connectivity index is 3.10. The van der Waals surface area contributed by atoms with Crippen molar-refractivity contribution in [1.82, 2.24) is 0 Å². The van der Waals surface area contributed by atoms with Crippen molar-refractivity contribution in [2.24, 2.45) is 5.16 Å². The van der Waals surface area contributed by atoms with E-state index in [0.717, 1.165) is 17.5 Å². The molecule has 2 N–H and O–H groups in total. The Morgan fingerprint density at radius 3 is 2.83 bits per heavy atom. The summed E-state index contributed by atoms with van der Waals surface area (Å²) in [6, 6.07) is 4.95. The monoisotopic (exact) mass is 165 g/mol. The van der Waals surface area contributed by atoms with Crippen LogP contribution in [-0.2, 0) is 6.42 Å². The van der Waals surface area contributed by atoms with Crippen LogP contribution in [0.1, 0.15) is 18.1 Å². The Labute approximate surface area is 71.0 Å². The first kappa shape index (κ1) is 8.59. The Morgan fingerprint density at radius 2 is 2.25 bits per heavy atom. The molecule has 0 amide bonds. The smallest absolute Gasteiger partial charge is 0.115 e. The number of hydrogen-bond acceptors (Lipinski definition) is 3. The Morgan fingerprint density at radius 1 is 1.50 bits per heavy atom. The van der Waals surface area contributed by atoms with Gasteiger partial charge in [0, 0.05) is 0 Å². The van der Waals surface area contributed by atoms with Gasteiger partial charge >= 0.3 is 0 Å². The van der Waals surface area contributed by atoms with Crippen molar-refractivity contribution in [1.29, 1.82) is 0 Å². The Bertz CT molecular complexity index is 295. The average Bonchev–Trinajstić information content (AvgIpc) is 2.08. The Kier molecular flexibility index (Phi) is 2.69. The maximum atomic E-state index is 9.13. The SMILES string of the molecule is CCc1cc(O)ccc1/C=N\O. The molecule has 0 aliphatic heterocycles. The van der Waals surface area contributed by atoms with E-state index in [-0.39, 0.29) is 5.75 Å². The van der Waals surface area contributed by atoms with Gasteiger partial charge in [-0.3, -0.25) is 0 Å². The second-order valence-electron chi connectivity index (χ2n) is 2.48. The molecular weight excluding hydrogens is 154 g/mol. The van der Waals surface area contributed by atoms with Crippen LogP contribution >= 0.6 is 0 Å². The lowest BCUT2D eigenvalue weighted by molar-refractivity contribution is 0.322. The van der Waals surface area contributed by atoms with Crippen LogP contribution in [0.4, 0.5) is 0 Å². The van der Waals surface area contributed by atoms with Gasteiger partial charge in [0.15, 0.2) is 0 Å². The minimum absolute atomic E-state index is 0.238. The number of phenolic OH excluding ortho intramolecular Hbond substituents is 1. The fourth-order valence-electron chi connectivity index (χ4n) is 1.09. The molecule has 0 saturated carbocycles. The number of oxime groups is 1. The third-order valence-corrected chi connectivity index (χ3v) is 1.70. The van der Waals surface area contributed by atoms with E-state index in [1.165, 1.54) is 6.21 Å². The number of rotatable bonds is 2. The lowest BCUT2D eigenvalue weighted by Crippen LogP contribution is -1.90. The van der Waals surface area contributed by atoms with E-state index in [9.17, 15) is 0 Å². The lowest BCUT2D eigenvalue weighted by atomic mass is 10.1. The zero-order chi connectivity index (χ0) is 8.97. The van der Waals surface area contributed by atoms with Gasteiger partial charge in [0.2, 0.25) is 0 Å². The second-order valence-corrected chi connectivity index (χ2v) is 2.48. The molecular formula is C9H11NO2. The second kappa shape index (κ2) is 3.76. The van der Waals surface area contributed by atoms with Gasteiger partial charge in [-0.25, -0.2) is 0 Å². The van der Waals surface area contributed by atoms with Crippen molar-refractivity contribution in [2.45, 2.75) is 13.3 Å². The summed E-state index contributed by atoms with van der Waals surface area (Å²) in [5.41, 5.74) is 1.80. The molecule has 0 bridgehead atoms. The number of hydrogen-bond donors (Lipinski definition) is 2. The molecule has 1 aromatic carbocycles. The lowest BCUT2D eigenvalue weighted by Gasteiger charge is -2.01. The molecule has 0 aliphatic carbocycles. The van der Waals surface area contributed by atoms with E-state index in [4.69, 9.17) is 10.3 Å². The normalized spacial score (nSPS) is 10.8. The van der Waals surface area contributed by atoms with Crippen LogP contribution in [0.3, 0.4) is 0 Å². The molecule has 12 heavy (non-hydrogen) atoms. The summed E-state index contributed by atoms with van der Waals surface area (Å²) in [7, 11) is 0. The summed E-state index contributed by atoms with van der Waals surface area (Å²) >= 11 is 0. The van der Waals surface area contributed by atoms with Gasteiger partial charge in [-0.2, -0.15) is 0 Å². The number of phenols is 1. The highest BCUT2D eigenvalue weighted by Crippen LogP contribution is 2.15. The van der Waals surface area contributed by atoms with Crippen molar-refractivity contribution in [3.8, 4) is 5.75 Å². The molecule has 3 nitrogen and oxygen atoms in total. The predicted octanol–water partition coefficient (Wildman–Crippen LogP) is 1.76. The first-order valence-electron chi connectivity index (χ1n) is 3.77. The fourth-order valence-corrected chi connectivity index (χ4v) is 1.09. The predicted molar refractivity (Wildman–Crippen MR) is 46.9 cm³/mol. The molecule has 0 fully saturated rings. The summed E-state index contributed by atoms with van der Waals surface area (Å²) in [5.74, 6) is 0.238. The number of benzene rings is 1. The zero-order valence-corrected chi connectivity index (χ0v) is 6.86. The number of aryl methyl sites for hydroxylation is 1. The molecule has 3 heteroatoms. The standard InChI is InChI=1S/C9H11NO2/c1-2-7-5-9(11)4-3-8(7)6-10-12/h3-6,11-12H,2H2,1H3/b10-6-. The van der Waals surface area contributed by atoms with Gasteiger partial charge in [0.05, 0.1) is 6.21 Å². The minimum atomic E-state index is 0.238. The van der Waals surface area contributed by atoms with Gasteiger partial charge in [-0.1, -0.05) is 12.1 Å². The summed E-state index contributed by atoms with van der Waals surface area (Å²) < 4.78 is 0. The first-order chi connectivity index (χ1) is 5.77. The molecule has 64 valence electrons. The molecule has 0 heterocycles. The molecule has 1 aromatic rings. The summed E-state index contributed by atoms with van der Waals surface area (Å²) in [6.45, 7) is 1.98. The van der Waals surface area contributed by atoms with E-state index < -0.39 is 0 Å². The van der Waals surface area contributed by atoms with E-state index in [0.29, 0.717) is 0 Å². The maximum Gasteiger partial charge on any atom is 0.115 e. The molecule has 0 spiro atoms. The molecule has 0 unspecified atom stereocenters. The van der Waals surface area contributed by atoms with E-state index >= 15 is 0 Å². The third kappa shape index (κ3) is 1.75. The number of nitrogens with zero attached hydrogens (tertiary/aromatic N) is 1. The van der Waals surface area contributed by atoms with Crippen LogP contribution in [0.2, 0.25) is 0 Å². The fraction of sp³-hybridized carbons (Fsp3) is 0.222. The van der Waals surface area contributed by atoms with E-state index in [1.807, 2.05) is 6.92 Å². The summed E-state index contributed by atoms with van der Waals surface area (Å²) in [5, 5.41) is 20.4.